The van der Waals surface area contributed by atoms with Gasteiger partial charge in [-0.2, -0.15) is 0 Å². The molecule has 0 aliphatic carbocycles. The van der Waals surface area contributed by atoms with Crippen molar-refractivity contribution in [1.29, 1.82) is 0 Å². The van der Waals surface area contributed by atoms with Crippen molar-refractivity contribution in [2.75, 3.05) is 25.6 Å². The molecule has 0 fully saturated rings. The van der Waals surface area contributed by atoms with Gasteiger partial charge in [-0.25, -0.2) is 0 Å². The SMILES string of the molecule is C=CCCCN1[C@@H]([C@H](CC=C)OC)C(C)=C(N(C)c2ccccc2)C[C@H]1c1ccccc1. The van der Waals surface area contributed by atoms with Crippen LogP contribution < -0.4 is 4.90 Å². The van der Waals surface area contributed by atoms with E-state index in [1.807, 2.05) is 19.3 Å². The Hall–Kier alpha value is -2.62. The smallest absolute Gasteiger partial charge is 0.0799 e. The van der Waals surface area contributed by atoms with Gasteiger partial charge in [0.25, 0.3) is 0 Å². The number of rotatable bonds is 11. The van der Waals surface area contributed by atoms with E-state index < -0.39 is 0 Å². The Morgan fingerprint density at radius 1 is 1.06 bits per heavy atom. The molecule has 2 aromatic rings. The van der Waals surface area contributed by atoms with Gasteiger partial charge in [-0.1, -0.05) is 60.7 Å². The van der Waals surface area contributed by atoms with Crippen molar-refractivity contribution in [2.24, 2.45) is 0 Å². The minimum Gasteiger partial charge on any atom is -0.379 e. The third-order valence-electron chi connectivity index (χ3n) is 6.65. The van der Waals surface area contributed by atoms with Crippen LogP contribution in [0.3, 0.4) is 0 Å². The number of benzene rings is 2. The number of unbranched alkanes of at least 4 members (excludes halogenated alkanes) is 1. The number of methoxy groups -OCH3 is 1. The Kier molecular flexibility index (Phi) is 8.90. The van der Waals surface area contributed by atoms with Crippen LogP contribution in [-0.4, -0.2) is 37.7 Å². The van der Waals surface area contributed by atoms with Gasteiger partial charge in [0, 0.05) is 38.0 Å². The molecule has 170 valence electrons. The Balaban J connectivity index is 2.10. The van der Waals surface area contributed by atoms with Crippen molar-refractivity contribution in [3.8, 4) is 0 Å². The molecule has 0 bridgehead atoms. The van der Waals surface area contributed by atoms with Crippen molar-refractivity contribution in [3.05, 3.63) is 103 Å². The van der Waals surface area contributed by atoms with Crippen molar-refractivity contribution in [2.45, 2.75) is 50.8 Å². The molecule has 0 aromatic heterocycles. The first-order chi connectivity index (χ1) is 15.6. The third-order valence-corrected chi connectivity index (χ3v) is 6.65. The average Bonchev–Trinajstić information content (AvgIpc) is 2.84. The Bertz CT molecular complexity index is 890. The minimum absolute atomic E-state index is 0.0573. The summed E-state index contributed by atoms with van der Waals surface area (Å²) in [6.45, 7) is 11.2. The molecule has 1 aliphatic heterocycles. The second-order valence-electron chi connectivity index (χ2n) is 8.57. The monoisotopic (exact) mass is 430 g/mol. The van der Waals surface area contributed by atoms with Gasteiger partial charge >= 0.3 is 0 Å². The van der Waals surface area contributed by atoms with Gasteiger partial charge in [-0.05, 0) is 56.0 Å². The fourth-order valence-electron chi connectivity index (χ4n) is 4.99. The lowest BCUT2D eigenvalue weighted by Crippen LogP contribution is -2.51. The van der Waals surface area contributed by atoms with Crippen LogP contribution in [-0.2, 0) is 4.74 Å². The van der Waals surface area contributed by atoms with Crippen LogP contribution in [0, 0.1) is 0 Å². The summed E-state index contributed by atoms with van der Waals surface area (Å²) in [5, 5.41) is 0. The van der Waals surface area contributed by atoms with E-state index in [1.54, 1.807) is 0 Å². The van der Waals surface area contributed by atoms with E-state index in [4.69, 9.17) is 4.74 Å². The molecule has 0 spiro atoms. The zero-order valence-corrected chi connectivity index (χ0v) is 19.9. The zero-order chi connectivity index (χ0) is 22.9. The summed E-state index contributed by atoms with van der Waals surface area (Å²) in [6.07, 6.45) is 7.95. The summed E-state index contributed by atoms with van der Waals surface area (Å²) in [7, 11) is 4.02. The summed E-state index contributed by atoms with van der Waals surface area (Å²) in [4.78, 5) is 5.02. The average molecular weight is 431 g/mol. The Morgan fingerprint density at radius 2 is 1.72 bits per heavy atom. The maximum absolute atomic E-state index is 6.07. The van der Waals surface area contributed by atoms with Crippen molar-refractivity contribution >= 4 is 5.69 Å². The highest BCUT2D eigenvalue weighted by atomic mass is 16.5. The molecule has 0 amide bonds. The van der Waals surface area contributed by atoms with Crippen molar-refractivity contribution in [3.63, 3.8) is 0 Å². The van der Waals surface area contributed by atoms with Gasteiger partial charge in [-0.3, -0.25) is 4.90 Å². The highest BCUT2D eigenvalue weighted by Gasteiger charge is 2.39. The van der Waals surface area contributed by atoms with Gasteiger partial charge in [0.1, 0.15) is 0 Å². The molecule has 32 heavy (non-hydrogen) atoms. The summed E-state index contributed by atoms with van der Waals surface area (Å²) >= 11 is 0. The lowest BCUT2D eigenvalue weighted by atomic mass is 9.84. The Labute approximate surface area is 194 Å². The molecular formula is C29H38N2O. The molecule has 3 heteroatoms. The van der Waals surface area contributed by atoms with Crippen LogP contribution in [0.5, 0.6) is 0 Å². The summed E-state index contributed by atoms with van der Waals surface area (Å²) in [6, 6.07) is 22.0. The second-order valence-corrected chi connectivity index (χ2v) is 8.57. The third kappa shape index (κ3) is 5.40. The first kappa shape index (κ1) is 24.0. The van der Waals surface area contributed by atoms with Crippen molar-refractivity contribution in [1.82, 2.24) is 4.90 Å². The molecule has 2 aromatic carbocycles. The quantitative estimate of drug-likeness (QED) is 0.289. The standard InChI is InChI=1S/C29H38N2O/c1-6-8-15-21-31-27(24-17-11-9-12-18-24)22-26(30(4)25-19-13-10-14-20-25)23(3)29(31)28(32-5)16-7-2/h6-7,9-14,17-20,27-29H,1-2,8,15-16,21-22H2,3-5H3/t27-,28-,29+/m0/s1. The second kappa shape index (κ2) is 11.8. The Morgan fingerprint density at radius 3 is 2.31 bits per heavy atom. The van der Waals surface area contributed by atoms with Gasteiger partial charge in [0.15, 0.2) is 0 Å². The van der Waals surface area contributed by atoms with E-state index in [9.17, 15) is 0 Å². The fraction of sp³-hybridized carbons (Fsp3) is 0.379. The van der Waals surface area contributed by atoms with E-state index in [0.29, 0.717) is 6.04 Å². The first-order valence-corrected chi connectivity index (χ1v) is 11.7. The molecule has 3 nitrogen and oxygen atoms in total. The van der Waals surface area contributed by atoms with E-state index >= 15 is 0 Å². The summed E-state index contributed by atoms with van der Waals surface area (Å²) < 4.78 is 6.07. The van der Waals surface area contributed by atoms with Crippen LogP contribution in [0.25, 0.3) is 0 Å². The summed E-state index contributed by atoms with van der Waals surface area (Å²) in [5.74, 6) is 0. The van der Waals surface area contributed by atoms with Crippen LogP contribution in [0.2, 0.25) is 0 Å². The molecule has 1 heterocycles. The van der Waals surface area contributed by atoms with E-state index in [2.05, 4.69) is 97.6 Å². The highest BCUT2D eigenvalue weighted by molar-refractivity contribution is 5.53. The van der Waals surface area contributed by atoms with Gasteiger partial charge in [0.2, 0.25) is 0 Å². The molecule has 0 unspecified atom stereocenters. The van der Waals surface area contributed by atoms with E-state index in [1.165, 1.54) is 22.5 Å². The number of anilines is 1. The highest BCUT2D eigenvalue weighted by Crippen LogP contribution is 2.42. The predicted molar refractivity (Wildman–Crippen MR) is 137 cm³/mol. The minimum atomic E-state index is 0.0573. The number of ether oxygens (including phenoxy) is 1. The summed E-state index contributed by atoms with van der Waals surface area (Å²) in [5.41, 5.74) is 5.33. The first-order valence-electron chi connectivity index (χ1n) is 11.7. The topological polar surface area (TPSA) is 15.7 Å². The fourth-order valence-corrected chi connectivity index (χ4v) is 4.99. The zero-order valence-electron chi connectivity index (χ0n) is 19.9. The van der Waals surface area contributed by atoms with E-state index in [-0.39, 0.29) is 12.1 Å². The molecule has 0 N–H and O–H groups in total. The van der Waals surface area contributed by atoms with E-state index in [0.717, 1.165) is 32.2 Å². The number of hydrogen-bond acceptors (Lipinski definition) is 3. The predicted octanol–water partition coefficient (Wildman–Crippen LogP) is 6.77. The molecule has 3 atom stereocenters. The lowest BCUT2D eigenvalue weighted by Gasteiger charge is -2.48. The largest absolute Gasteiger partial charge is 0.379 e. The number of allylic oxidation sites excluding steroid dienone is 1. The van der Waals surface area contributed by atoms with Crippen LogP contribution in [0.15, 0.2) is 97.2 Å². The molecular weight excluding hydrogens is 392 g/mol. The lowest BCUT2D eigenvalue weighted by molar-refractivity contribution is 0.00464. The van der Waals surface area contributed by atoms with Crippen LogP contribution in [0.1, 0.15) is 44.2 Å². The molecule has 3 rings (SSSR count). The van der Waals surface area contributed by atoms with Crippen LogP contribution >= 0.6 is 0 Å². The maximum atomic E-state index is 6.07. The molecule has 0 saturated heterocycles. The number of nitrogens with zero attached hydrogens (tertiary/aromatic N) is 2. The molecule has 0 saturated carbocycles. The molecule has 1 aliphatic rings. The maximum Gasteiger partial charge on any atom is 0.0799 e. The molecule has 0 radical (unpaired) electrons. The van der Waals surface area contributed by atoms with Gasteiger partial charge < -0.3 is 9.64 Å². The van der Waals surface area contributed by atoms with Gasteiger partial charge in [-0.15, -0.1) is 13.2 Å². The van der Waals surface area contributed by atoms with Crippen molar-refractivity contribution < 1.29 is 4.74 Å². The number of para-hydroxylation sites is 1. The van der Waals surface area contributed by atoms with Gasteiger partial charge in [0.05, 0.1) is 12.1 Å². The van der Waals surface area contributed by atoms with Crippen LogP contribution in [0.4, 0.5) is 5.69 Å². The number of hydrogen-bond donors (Lipinski definition) is 0. The normalized spacial score (nSPS) is 20.1.